The van der Waals surface area contributed by atoms with E-state index < -0.39 is 0 Å². The molecule has 0 bridgehead atoms. The minimum absolute atomic E-state index is 0.332. The first-order chi connectivity index (χ1) is 13.2. The fraction of sp³-hybridized carbons (Fsp3) is 1.00. The molecule has 0 spiro atoms. The number of hydrogen-bond acceptors (Lipinski definition) is 1. The van der Waals surface area contributed by atoms with Gasteiger partial charge in [0, 0.05) is 0 Å². The largest absolute Gasteiger partial charge is 0.391 e. The zero-order valence-electron chi connectivity index (χ0n) is 19.5. The van der Waals surface area contributed by atoms with Crippen molar-refractivity contribution in [3.05, 3.63) is 0 Å². The number of nitrogens with zero attached hydrogens (tertiary/aromatic N) is 1. The molecule has 1 atom stereocenters. The molecule has 0 radical (unpaired) electrons. The molecule has 27 heavy (non-hydrogen) atoms. The van der Waals surface area contributed by atoms with Gasteiger partial charge in [-0.1, -0.05) is 110 Å². The van der Waals surface area contributed by atoms with Crippen molar-refractivity contribution in [1.82, 2.24) is 0 Å². The van der Waals surface area contributed by atoms with Crippen molar-refractivity contribution in [1.29, 1.82) is 0 Å². The van der Waals surface area contributed by atoms with Crippen LogP contribution in [-0.2, 0) is 0 Å². The average Bonchev–Trinajstić information content (AvgIpc) is 2.66. The highest BCUT2D eigenvalue weighted by Gasteiger charge is 2.19. The van der Waals surface area contributed by atoms with E-state index in [1.807, 2.05) is 0 Å². The summed E-state index contributed by atoms with van der Waals surface area (Å²) in [7, 11) is 2.33. The van der Waals surface area contributed by atoms with Crippen molar-refractivity contribution in [2.24, 2.45) is 0 Å². The van der Waals surface area contributed by atoms with Crippen LogP contribution in [-0.4, -0.2) is 42.9 Å². The topological polar surface area (TPSA) is 20.2 Å². The maximum atomic E-state index is 9.32. The summed E-state index contributed by atoms with van der Waals surface area (Å²) in [6.45, 7) is 8.30. The molecule has 164 valence electrons. The first-order valence-corrected chi connectivity index (χ1v) is 12.6. The van der Waals surface area contributed by atoms with Crippen LogP contribution in [0.5, 0.6) is 0 Å². The number of rotatable bonds is 22. The summed E-state index contributed by atoms with van der Waals surface area (Å²) in [4.78, 5) is 0. The van der Waals surface area contributed by atoms with Gasteiger partial charge in [-0.25, -0.2) is 0 Å². The monoisotopic (exact) mass is 384 g/mol. The Morgan fingerprint density at radius 1 is 0.444 bits per heavy atom. The smallest absolute Gasteiger partial charge is 0.102 e. The van der Waals surface area contributed by atoms with Crippen LogP contribution in [0.3, 0.4) is 0 Å². The van der Waals surface area contributed by atoms with Gasteiger partial charge in [-0.15, -0.1) is 0 Å². The lowest BCUT2D eigenvalue weighted by Gasteiger charge is -2.34. The molecule has 0 saturated heterocycles. The Balaban J connectivity index is 3.32. The molecule has 0 aromatic heterocycles. The molecule has 0 aliphatic carbocycles. The van der Waals surface area contributed by atoms with Gasteiger partial charge in [-0.05, 0) is 19.3 Å². The van der Waals surface area contributed by atoms with E-state index >= 15 is 0 Å². The molecular formula is C25H54NO+. The van der Waals surface area contributed by atoms with Gasteiger partial charge < -0.3 is 9.59 Å². The molecule has 0 fully saturated rings. The predicted octanol–water partition coefficient (Wildman–Crippen LogP) is 7.49. The Kier molecular flexibility index (Phi) is 20.6. The van der Waals surface area contributed by atoms with E-state index in [1.54, 1.807) is 0 Å². The van der Waals surface area contributed by atoms with E-state index in [0.717, 1.165) is 11.0 Å². The van der Waals surface area contributed by atoms with Crippen LogP contribution in [0.4, 0.5) is 0 Å². The normalized spacial score (nSPS) is 13.8. The van der Waals surface area contributed by atoms with E-state index in [-0.39, 0.29) is 0 Å². The van der Waals surface area contributed by atoms with Gasteiger partial charge in [-0.2, -0.15) is 0 Å². The summed E-state index contributed by atoms with van der Waals surface area (Å²) in [6.07, 6.45) is 25.5. The van der Waals surface area contributed by atoms with Gasteiger partial charge in [0.2, 0.25) is 0 Å². The Labute approximate surface area is 172 Å². The predicted molar refractivity (Wildman–Crippen MR) is 122 cm³/mol. The van der Waals surface area contributed by atoms with Crippen molar-refractivity contribution >= 4 is 0 Å². The highest BCUT2D eigenvalue weighted by Crippen LogP contribution is 2.15. The number of unbranched alkanes of at least 4 members (excludes halogenated alkanes) is 16. The number of aliphatic hydroxyl groups excluding tert-OH is 1. The third-order valence-corrected chi connectivity index (χ3v) is 6.24. The molecule has 0 saturated carbocycles. The molecule has 2 nitrogen and oxygen atoms in total. The number of likely N-dealkylation sites (N-methyl/N-ethyl adjacent to an activating group) is 1. The quantitative estimate of drug-likeness (QED) is 0.151. The standard InChI is InChI=1S/C25H54NO/c1-4-6-8-9-10-11-12-13-14-15-16-17-18-19-20-21-23-26(3,24-25-27)22-7-5-2/h27H,4-25H2,1-3H3/q+1. The fourth-order valence-electron chi connectivity index (χ4n) is 4.16. The van der Waals surface area contributed by atoms with Crippen LogP contribution in [0, 0.1) is 0 Å². The molecule has 0 aromatic carbocycles. The van der Waals surface area contributed by atoms with E-state index in [2.05, 4.69) is 20.9 Å². The first kappa shape index (κ1) is 26.9. The van der Waals surface area contributed by atoms with E-state index in [0.29, 0.717) is 6.61 Å². The van der Waals surface area contributed by atoms with Crippen molar-refractivity contribution in [2.45, 2.75) is 129 Å². The van der Waals surface area contributed by atoms with E-state index in [9.17, 15) is 5.11 Å². The molecule has 1 unspecified atom stereocenters. The molecule has 0 amide bonds. The minimum atomic E-state index is 0.332. The van der Waals surface area contributed by atoms with Crippen molar-refractivity contribution in [3.8, 4) is 0 Å². The third-order valence-electron chi connectivity index (χ3n) is 6.24. The Morgan fingerprint density at radius 3 is 1.15 bits per heavy atom. The highest BCUT2D eigenvalue weighted by atomic mass is 16.3. The maximum absolute atomic E-state index is 9.32. The van der Waals surface area contributed by atoms with Crippen molar-refractivity contribution < 1.29 is 9.59 Å². The lowest BCUT2D eigenvalue weighted by atomic mass is 10.0. The number of hydrogen-bond donors (Lipinski definition) is 1. The van der Waals surface area contributed by atoms with Gasteiger partial charge in [0.1, 0.15) is 6.54 Å². The van der Waals surface area contributed by atoms with E-state index in [1.165, 1.54) is 129 Å². The Morgan fingerprint density at radius 2 is 0.778 bits per heavy atom. The van der Waals surface area contributed by atoms with Gasteiger partial charge in [0.15, 0.2) is 0 Å². The molecule has 0 aliphatic heterocycles. The average molecular weight is 385 g/mol. The SMILES string of the molecule is CCCCCCCCCCCCCCCCCC[N+](C)(CCO)CCCC. The van der Waals surface area contributed by atoms with Gasteiger partial charge >= 0.3 is 0 Å². The first-order valence-electron chi connectivity index (χ1n) is 12.6. The zero-order chi connectivity index (χ0) is 20.1. The molecule has 0 heterocycles. The minimum Gasteiger partial charge on any atom is -0.391 e. The van der Waals surface area contributed by atoms with Crippen LogP contribution in [0.15, 0.2) is 0 Å². The summed E-state index contributed by atoms with van der Waals surface area (Å²) in [5.74, 6) is 0. The van der Waals surface area contributed by atoms with Gasteiger partial charge in [0.25, 0.3) is 0 Å². The second-order valence-electron chi connectivity index (χ2n) is 9.17. The second-order valence-corrected chi connectivity index (χ2v) is 9.17. The zero-order valence-corrected chi connectivity index (χ0v) is 19.5. The van der Waals surface area contributed by atoms with Crippen molar-refractivity contribution in [3.63, 3.8) is 0 Å². The van der Waals surface area contributed by atoms with Gasteiger partial charge in [0.05, 0.1) is 26.7 Å². The van der Waals surface area contributed by atoms with Crippen LogP contribution >= 0.6 is 0 Å². The van der Waals surface area contributed by atoms with Crippen molar-refractivity contribution in [2.75, 3.05) is 33.3 Å². The van der Waals surface area contributed by atoms with Crippen LogP contribution < -0.4 is 0 Å². The summed E-state index contributed by atoms with van der Waals surface area (Å²) in [5.41, 5.74) is 0. The Hall–Kier alpha value is -0.0800. The van der Waals surface area contributed by atoms with E-state index in [4.69, 9.17) is 0 Å². The molecule has 2 heteroatoms. The summed E-state index contributed by atoms with van der Waals surface area (Å²) in [5, 5.41) is 9.32. The molecule has 0 rings (SSSR count). The Bertz CT molecular complexity index is 281. The fourth-order valence-corrected chi connectivity index (χ4v) is 4.16. The summed E-state index contributed by atoms with van der Waals surface area (Å²) < 4.78 is 1.07. The number of aliphatic hydroxyl groups is 1. The number of quaternary nitrogens is 1. The lowest BCUT2D eigenvalue weighted by molar-refractivity contribution is -0.910. The molecule has 1 N–H and O–H groups in total. The summed E-state index contributed by atoms with van der Waals surface area (Å²) in [6, 6.07) is 0. The molecule has 0 aromatic rings. The molecular weight excluding hydrogens is 330 g/mol. The van der Waals surface area contributed by atoms with Crippen LogP contribution in [0.25, 0.3) is 0 Å². The highest BCUT2D eigenvalue weighted by molar-refractivity contribution is 4.50. The maximum Gasteiger partial charge on any atom is 0.102 e. The van der Waals surface area contributed by atoms with Crippen LogP contribution in [0.1, 0.15) is 129 Å². The van der Waals surface area contributed by atoms with Gasteiger partial charge in [-0.3, -0.25) is 0 Å². The lowest BCUT2D eigenvalue weighted by Crippen LogP contribution is -2.47. The molecule has 0 aliphatic rings. The third kappa shape index (κ3) is 19.0. The van der Waals surface area contributed by atoms with Crippen LogP contribution in [0.2, 0.25) is 0 Å². The summed E-state index contributed by atoms with van der Waals surface area (Å²) >= 11 is 0. The second kappa shape index (κ2) is 20.6.